The van der Waals surface area contributed by atoms with E-state index in [1.165, 1.54) is 30.6 Å². The van der Waals surface area contributed by atoms with Crippen LogP contribution in [-0.4, -0.2) is 24.2 Å². The van der Waals surface area contributed by atoms with E-state index in [4.69, 9.17) is 4.74 Å². The Morgan fingerprint density at radius 2 is 2.08 bits per heavy atom. The zero-order chi connectivity index (χ0) is 17.3. The van der Waals surface area contributed by atoms with Crippen LogP contribution in [0.1, 0.15) is 34.1 Å². The molecule has 128 valence electrons. The fourth-order valence-corrected chi connectivity index (χ4v) is 3.74. The maximum absolute atomic E-state index is 14.1. The number of aliphatic hydroxyl groups excluding tert-OH is 1. The summed E-state index contributed by atoms with van der Waals surface area (Å²) >= 11 is 1.48. The summed E-state index contributed by atoms with van der Waals surface area (Å²) in [5, 5.41) is 14.2. The van der Waals surface area contributed by atoms with Crippen molar-refractivity contribution < 1.29 is 23.4 Å². The molecule has 0 saturated heterocycles. The van der Waals surface area contributed by atoms with Crippen molar-refractivity contribution in [2.45, 2.75) is 25.0 Å². The smallest absolute Gasteiger partial charge is 0.254 e. The van der Waals surface area contributed by atoms with E-state index >= 15 is 0 Å². The Bertz CT molecular complexity index is 730. The monoisotopic (exact) mass is 353 g/mol. The molecule has 0 aliphatic heterocycles. The molecule has 1 aromatic carbocycles. The third-order valence-electron chi connectivity index (χ3n) is 4.27. The fraction of sp³-hybridized carbons (Fsp3) is 0.353. The van der Waals surface area contributed by atoms with Gasteiger partial charge in [-0.05, 0) is 42.3 Å². The Labute approximate surface area is 142 Å². The van der Waals surface area contributed by atoms with Crippen LogP contribution in [0.25, 0.3) is 0 Å². The second-order valence-electron chi connectivity index (χ2n) is 5.80. The molecular formula is C17H17F2NO3S. The van der Waals surface area contributed by atoms with E-state index in [0.717, 1.165) is 4.88 Å². The number of aliphatic hydroxyl groups is 1. The summed E-state index contributed by atoms with van der Waals surface area (Å²) in [4.78, 5) is 13.4. The number of thiophene rings is 1. The normalized spacial score (nSPS) is 21.0. The number of rotatable bonds is 5. The van der Waals surface area contributed by atoms with Crippen molar-refractivity contribution in [1.29, 1.82) is 0 Å². The molecule has 0 bridgehead atoms. The van der Waals surface area contributed by atoms with Gasteiger partial charge in [0, 0.05) is 4.88 Å². The van der Waals surface area contributed by atoms with Gasteiger partial charge in [-0.15, -0.1) is 11.3 Å². The molecule has 0 radical (unpaired) electrons. The standard InChI is InChI=1S/C17H17F2NO3S/c1-23-12-5-4-11(14(18)15(12)19)17(22)20-16(9-7-10(21)8-9)13-3-2-6-24-13/h2-6,9-10,16,21H,7-8H2,1H3,(H,20,22)/t9?,10?,16-/m1/s1. The molecule has 2 N–H and O–H groups in total. The number of carbonyl (C=O) groups is 1. The third kappa shape index (κ3) is 3.14. The van der Waals surface area contributed by atoms with Crippen LogP contribution in [0.4, 0.5) is 8.78 Å². The molecule has 0 unspecified atom stereocenters. The predicted octanol–water partition coefficient (Wildman–Crippen LogP) is 3.28. The summed E-state index contributed by atoms with van der Waals surface area (Å²) in [7, 11) is 1.23. The molecule has 24 heavy (non-hydrogen) atoms. The van der Waals surface area contributed by atoms with Gasteiger partial charge in [0.1, 0.15) is 0 Å². The van der Waals surface area contributed by atoms with E-state index < -0.39 is 17.5 Å². The lowest BCUT2D eigenvalue weighted by atomic mass is 9.76. The Hall–Kier alpha value is -1.99. The average Bonchev–Trinajstić information content (AvgIpc) is 3.06. The molecule has 1 amide bonds. The van der Waals surface area contributed by atoms with Gasteiger partial charge in [0.05, 0.1) is 24.8 Å². The first kappa shape index (κ1) is 16.9. The highest BCUT2D eigenvalue weighted by molar-refractivity contribution is 7.10. The first-order chi connectivity index (χ1) is 11.5. The minimum atomic E-state index is -1.23. The molecule has 4 nitrogen and oxygen atoms in total. The van der Waals surface area contributed by atoms with Gasteiger partial charge < -0.3 is 15.2 Å². The van der Waals surface area contributed by atoms with Crippen molar-refractivity contribution in [3.05, 3.63) is 51.7 Å². The summed E-state index contributed by atoms with van der Waals surface area (Å²) < 4.78 is 32.6. The summed E-state index contributed by atoms with van der Waals surface area (Å²) in [6, 6.07) is 5.84. The van der Waals surface area contributed by atoms with Crippen molar-refractivity contribution in [1.82, 2.24) is 5.32 Å². The first-order valence-electron chi connectivity index (χ1n) is 7.55. The van der Waals surface area contributed by atoms with Gasteiger partial charge >= 0.3 is 0 Å². The van der Waals surface area contributed by atoms with Crippen LogP contribution in [0.5, 0.6) is 5.75 Å². The molecule has 7 heteroatoms. The summed E-state index contributed by atoms with van der Waals surface area (Å²) in [6.45, 7) is 0. The molecule has 1 atom stereocenters. The Kier molecular flexibility index (Phi) is 4.82. The number of amides is 1. The number of hydrogen-bond acceptors (Lipinski definition) is 4. The highest BCUT2D eigenvalue weighted by Crippen LogP contribution is 2.39. The maximum atomic E-state index is 14.1. The molecule has 1 aromatic heterocycles. The van der Waals surface area contributed by atoms with E-state index in [1.807, 2.05) is 17.5 Å². The zero-order valence-electron chi connectivity index (χ0n) is 13.0. The second kappa shape index (κ2) is 6.86. The molecule has 1 aliphatic carbocycles. The number of methoxy groups -OCH3 is 1. The molecule has 1 heterocycles. The summed E-state index contributed by atoms with van der Waals surface area (Å²) in [6.07, 6.45) is 0.773. The lowest BCUT2D eigenvalue weighted by molar-refractivity contribution is 0.0240. The first-order valence-corrected chi connectivity index (χ1v) is 8.43. The Morgan fingerprint density at radius 3 is 2.67 bits per heavy atom. The average molecular weight is 353 g/mol. The van der Waals surface area contributed by atoms with Crippen molar-refractivity contribution >= 4 is 17.2 Å². The van der Waals surface area contributed by atoms with Crippen LogP contribution in [0.15, 0.2) is 29.6 Å². The Balaban J connectivity index is 1.83. The number of halogens is 2. The van der Waals surface area contributed by atoms with E-state index in [0.29, 0.717) is 12.8 Å². The van der Waals surface area contributed by atoms with Crippen LogP contribution >= 0.6 is 11.3 Å². The van der Waals surface area contributed by atoms with Gasteiger partial charge in [0.2, 0.25) is 5.82 Å². The van der Waals surface area contributed by atoms with Gasteiger partial charge in [0.25, 0.3) is 5.91 Å². The van der Waals surface area contributed by atoms with E-state index in [2.05, 4.69) is 5.32 Å². The topological polar surface area (TPSA) is 58.6 Å². The molecule has 0 spiro atoms. The fourth-order valence-electron chi connectivity index (χ4n) is 2.88. The highest BCUT2D eigenvalue weighted by Gasteiger charge is 2.36. The highest BCUT2D eigenvalue weighted by atomic mass is 32.1. The predicted molar refractivity (Wildman–Crippen MR) is 86.2 cm³/mol. The van der Waals surface area contributed by atoms with Crippen LogP contribution in [0.3, 0.4) is 0 Å². The summed E-state index contributed by atoms with van der Waals surface area (Å²) in [5.41, 5.74) is -0.366. The minimum Gasteiger partial charge on any atom is -0.494 e. The molecule has 1 saturated carbocycles. The second-order valence-corrected chi connectivity index (χ2v) is 6.77. The quantitative estimate of drug-likeness (QED) is 0.867. The van der Waals surface area contributed by atoms with Crippen molar-refractivity contribution in [2.75, 3.05) is 7.11 Å². The number of nitrogens with one attached hydrogen (secondary N) is 1. The van der Waals surface area contributed by atoms with E-state index in [-0.39, 0.29) is 29.4 Å². The maximum Gasteiger partial charge on any atom is 0.254 e. The van der Waals surface area contributed by atoms with Gasteiger partial charge in [-0.2, -0.15) is 4.39 Å². The van der Waals surface area contributed by atoms with Gasteiger partial charge in [-0.3, -0.25) is 4.79 Å². The molecular weight excluding hydrogens is 336 g/mol. The lowest BCUT2D eigenvalue weighted by Crippen LogP contribution is -2.41. The summed E-state index contributed by atoms with van der Waals surface area (Å²) in [5.74, 6) is -3.27. The van der Waals surface area contributed by atoms with Crippen LogP contribution in [0.2, 0.25) is 0 Å². The van der Waals surface area contributed by atoms with Crippen LogP contribution < -0.4 is 10.1 Å². The molecule has 3 rings (SSSR count). The van der Waals surface area contributed by atoms with Crippen LogP contribution in [-0.2, 0) is 0 Å². The SMILES string of the molecule is COc1ccc(C(=O)N[C@@H](c2cccs2)C2CC(O)C2)c(F)c1F. The molecule has 2 aromatic rings. The van der Waals surface area contributed by atoms with Gasteiger partial charge in [-0.1, -0.05) is 6.07 Å². The minimum absolute atomic E-state index is 0.0776. The zero-order valence-corrected chi connectivity index (χ0v) is 13.8. The number of carbonyl (C=O) groups excluding carboxylic acids is 1. The number of hydrogen-bond donors (Lipinski definition) is 2. The third-order valence-corrected chi connectivity index (χ3v) is 5.22. The van der Waals surface area contributed by atoms with Crippen molar-refractivity contribution in [2.24, 2.45) is 5.92 Å². The van der Waals surface area contributed by atoms with Crippen LogP contribution in [0, 0.1) is 17.6 Å². The van der Waals surface area contributed by atoms with E-state index in [1.54, 1.807) is 0 Å². The van der Waals surface area contributed by atoms with Gasteiger partial charge in [-0.25, -0.2) is 4.39 Å². The number of benzene rings is 1. The van der Waals surface area contributed by atoms with Crippen molar-refractivity contribution in [3.63, 3.8) is 0 Å². The number of ether oxygens (including phenoxy) is 1. The Morgan fingerprint density at radius 1 is 1.33 bits per heavy atom. The van der Waals surface area contributed by atoms with Gasteiger partial charge in [0.15, 0.2) is 11.6 Å². The van der Waals surface area contributed by atoms with Crippen molar-refractivity contribution in [3.8, 4) is 5.75 Å². The van der Waals surface area contributed by atoms with E-state index in [9.17, 15) is 18.7 Å². The largest absolute Gasteiger partial charge is 0.494 e. The lowest BCUT2D eigenvalue weighted by Gasteiger charge is -2.37. The molecule has 1 fully saturated rings. The molecule has 1 aliphatic rings.